The number of rotatable bonds is 12. The number of aromatic nitrogens is 1. The van der Waals surface area contributed by atoms with Crippen molar-refractivity contribution in [1.29, 1.82) is 0 Å². The van der Waals surface area contributed by atoms with Gasteiger partial charge >= 0.3 is 6.09 Å². The molecule has 0 aliphatic carbocycles. The van der Waals surface area contributed by atoms with Crippen LogP contribution in [-0.4, -0.2) is 79.6 Å². The number of benzene rings is 2. The summed E-state index contributed by atoms with van der Waals surface area (Å²) in [6, 6.07) is 19.1. The number of nitrogens with two attached hydrogens (primary N) is 1. The second-order valence-corrected chi connectivity index (χ2v) is 9.59. The first-order chi connectivity index (χ1) is 19.5. The number of carbonyl (C=O) groups excluding carboxylic acids is 3. The second kappa shape index (κ2) is 14.9. The van der Waals surface area contributed by atoms with E-state index in [0.29, 0.717) is 36.4 Å². The second-order valence-electron chi connectivity index (χ2n) is 9.59. The van der Waals surface area contributed by atoms with Crippen LogP contribution >= 0.6 is 0 Å². The van der Waals surface area contributed by atoms with Crippen LogP contribution in [0.3, 0.4) is 0 Å². The van der Waals surface area contributed by atoms with Crippen molar-refractivity contribution < 1.29 is 19.1 Å². The quantitative estimate of drug-likeness (QED) is 0.202. The van der Waals surface area contributed by atoms with Crippen molar-refractivity contribution in [1.82, 2.24) is 20.5 Å². The van der Waals surface area contributed by atoms with E-state index >= 15 is 0 Å². The third-order valence-electron chi connectivity index (χ3n) is 6.70. The minimum atomic E-state index is -0.447. The summed E-state index contributed by atoms with van der Waals surface area (Å²) in [4.78, 5) is 43.5. The smallest absolute Gasteiger partial charge is 0.411 e. The van der Waals surface area contributed by atoms with Gasteiger partial charge in [0.2, 0.25) is 0 Å². The number of hydrogen-bond acceptors (Lipinski definition) is 8. The maximum atomic E-state index is 12.6. The molecule has 0 unspecified atom stereocenters. The lowest BCUT2D eigenvalue weighted by atomic mass is 10.0. The molecule has 0 atom stereocenters. The first kappa shape index (κ1) is 28.9. The maximum absolute atomic E-state index is 12.6. The first-order valence-corrected chi connectivity index (χ1v) is 13.5. The molecule has 3 aromatic rings. The minimum absolute atomic E-state index is 0.132. The molecule has 0 spiro atoms. The summed E-state index contributed by atoms with van der Waals surface area (Å²) in [6.07, 6.45) is 3.80. The van der Waals surface area contributed by atoms with E-state index in [4.69, 9.17) is 10.5 Å². The van der Waals surface area contributed by atoms with E-state index in [1.54, 1.807) is 6.07 Å². The number of likely N-dealkylation sites (tertiary alicyclic amines) is 1. The largest absolute Gasteiger partial charge is 0.446 e. The van der Waals surface area contributed by atoms with E-state index in [1.165, 1.54) is 12.4 Å². The molecule has 4 rings (SSSR count). The van der Waals surface area contributed by atoms with Gasteiger partial charge in [-0.15, -0.1) is 0 Å². The Balaban J connectivity index is 1.15. The molecule has 40 heavy (non-hydrogen) atoms. The van der Waals surface area contributed by atoms with Gasteiger partial charge in [-0.2, -0.15) is 0 Å². The molecule has 5 N–H and O–H groups in total. The van der Waals surface area contributed by atoms with Crippen LogP contribution in [0, 0.1) is 0 Å². The molecule has 2 heterocycles. The molecule has 0 saturated carbocycles. The minimum Gasteiger partial charge on any atom is -0.446 e. The highest BCUT2D eigenvalue weighted by atomic mass is 16.6. The van der Waals surface area contributed by atoms with Gasteiger partial charge in [0.15, 0.2) is 5.78 Å². The molecule has 1 aromatic heterocycles. The zero-order valence-electron chi connectivity index (χ0n) is 22.5. The fourth-order valence-electron chi connectivity index (χ4n) is 4.55. The molecule has 1 aliphatic heterocycles. The lowest BCUT2D eigenvalue weighted by molar-refractivity contribution is 0.0593. The lowest BCUT2D eigenvalue weighted by Gasteiger charge is -2.31. The number of nitrogens with zero attached hydrogens (tertiary/aromatic N) is 2. The average molecular weight is 545 g/mol. The van der Waals surface area contributed by atoms with E-state index in [1.807, 2.05) is 54.6 Å². The van der Waals surface area contributed by atoms with Gasteiger partial charge < -0.3 is 26.0 Å². The van der Waals surface area contributed by atoms with Gasteiger partial charge in [0.25, 0.3) is 5.91 Å². The highest BCUT2D eigenvalue weighted by molar-refractivity contribution is 6.01. The van der Waals surface area contributed by atoms with E-state index < -0.39 is 6.09 Å². The van der Waals surface area contributed by atoms with Gasteiger partial charge in [-0.25, -0.2) is 4.79 Å². The topological polar surface area (TPSA) is 139 Å². The van der Waals surface area contributed by atoms with Crippen molar-refractivity contribution in [3.05, 3.63) is 84.2 Å². The highest BCUT2D eigenvalue weighted by Crippen LogP contribution is 2.28. The number of amides is 2. The maximum Gasteiger partial charge on any atom is 0.411 e. The average Bonchev–Trinajstić information content (AvgIpc) is 2.99. The number of pyridine rings is 1. The van der Waals surface area contributed by atoms with Crippen LogP contribution in [-0.2, 0) is 4.74 Å². The molecular weight excluding hydrogens is 508 g/mol. The Bertz CT molecular complexity index is 1280. The van der Waals surface area contributed by atoms with E-state index in [9.17, 15) is 14.4 Å². The molecule has 10 nitrogen and oxygen atoms in total. The van der Waals surface area contributed by atoms with Crippen molar-refractivity contribution >= 4 is 23.5 Å². The van der Waals surface area contributed by atoms with Gasteiger partial charge in [0, 0.05) is 62.8 Å². The van der Waals surface area contributed by atoms with Gasteiger partial charge in [0.1, 0.15) is 6.10 Å². The van der Waals surface area contributed by atoms with Crippen LogP contribution in [0.4, 0.5) is 10.5 Å². The summed E-state index contributed by atoms with van der Waals surface area (Å²) < 4.78 is 5.71. The van der Waals surface area contributed by atoms with Gasteiger partial charge in [-0.1, -0.05) is 48.5 Å². The van der Waals surface area contributed by atoms with E-state index in [-0.39, 0.29) is 24.3 Å². The molecule has 1 saturated heterocycles. The van der Waals surface area contributed by atoms with E-state index in [0.717, 1.165) is 43.6 Å². The van der Waals surface area contributed by atoms with E-state index in [2.05, 4.69) is 25.8 Å². The van der Waals surface area contributed by atoms with Crippen molar-refractivity contribution in [3.8, 4) is 11.1 Å². The molecule has 10 heteroatoms. The third kappa shape index (κ3) is 8.44. The monoisotopic (exact) mass is 544 g/mol. The summed E-state index contributed by atoms with van der Waals surface area (Å²) in [7, 11) is 0. The molecule has 0 radical (unpaired) electrons. The molecule has 2 aromatic carbocycles. The number of anilines is 1. The molecular formula is C30H36N6O4. The number of para-hydroxylation sites is 1. The summed E-state index contributed by atoms with van der Waals surface area (Å²) in [5, 5.41) is 8.74. The number of Topliss-reactive ketones (excluding diaryl/α,β-unsaturated/α-hetero) is 1. The zero-order chi connectivity index (χ0) is 28.2. The number of hydrogen-bond donors (Lipinski definition) is 4. The Labute approximate surface area is 234 Å². The summed E-state index contributed by atoms with van der Waals surface area (Å²) >= 11 is 0. The number of nitrogens with one attached hydrogen (secondary N) is 3. The highest BCUT2D eigenvalue weighted by Gasteiger charge is 2.22. The van der Waals surface area contributed by atoms with Gasteiger partial charge in [0.05, 0.1) is 17.8 Å². The fraction of sp³-hybridized carbons (Fsp3) is 0.333. The van der Waals surface area contributed by atoms with Crippen LogP contribution in [0.5, 0.6) is 0 Å². The van der Waals surface area contributed by atoms with Gasteiger partial charge in [-0.05, 0) is 30.5 Å². The third-order valence-corrected chi connectivity index (χ3v) is 6.70. The van der Waals surface area contributed by atoms with Gasteiger partial charge in [-0.3, -0.25) is 19.9 Å². The predicted octanol–water partition coefficient (Wildman–Crippen LogP) is 2.92. The summed E-state index contributed by atoms with van der Waals surface area (Å²) in [5.74, 6) is -0.435. The Morgan fingerprint density at radius 1 is 0.950 bits per heavy atom. The zero-order valence-corrected chi connectivity index (χ0v) is 22.5. The summed E-state index contributed by atoms with van der Waals surface area (Å²) in [6.45, 7) is 3.87. The van der Waals surface area contributed by atoms with Crippen molar-refractivity contribution in [2.24, 2.45) is 5.73 Å². The number of ketones is 1. The standard InChI is InChI=1S/C30H36N6O4/c31-12-13-34-29(38)24-18-23(19-33-20-24)28(37)21-32-14-17-36-15-10-25(11-16-36)40-30(39)35-27-9-5-4-8-26(27)22-6-2-1-3-7-22/h1-9,18-20,25,32H,10-17,21,31H2,(H,34,38)(H,35,39). The molecule has 210 valence electrons. The van der Waals surface area contributed by atoms with Crippen LogP contribution in [0.25, 0.3) is 11.1 Å². The Kier molecular flexibility index (Phi) is 10.7. The Morgan fingerprint density at radius 3 is 2.45 bits per heavy atom. The Morgan fingerprint density at radius 2 is 1.68 bits per heavy atom. The molecule has 1 fully saturated rings. The predicted molar refractivity (Wildman–Crippen MR) is 154 cm³/mol. The van der Waals surface area contributed by atoms with Crippen LogP contribution in [0.2, 0.25) is 0 Å². The summed E-state index contributed by atoms with van der Waals surface area (Å²) in [5.41, 5.74) is 8.81. The van der Waals surface area contributed by atoms with Crippen molar-refractivity contribution in [2.75, 3.05) is 51.1 Å². The number of ether oxygens (including phenoxy) is 1. The SMILES string of the molecule is NCCNC(=O)c1cncc(C(=O)CNCCN2CCC(OC(=O)Nc3ccccc3-c3ccccc3)CC2)c1. The number of carbonyl (C=O) groups is 3. The van der Waals surface area contributed by atoms with Crippen molar-refractivity contribution in [3.63, 3.8) is 0 Å². The molecule has 2 amide bonds. The number of piperidine rings is 1. The fourth-order valence-corrected chi connectivity index (χ4v) is 4.55. The van der Waals surface area contributed by atoms with Crippen LogP contribution < -0.4 is 21.7 Å². The lowest BCUT2D eigenvalue weighted by Crippen LogP contribution is -2.42. The molecule has 1 aliphatic rings. The normalized spacial score (nSPS) is 13.9. The van der Waals surface area contributed by atoms with Crippen LogP contribution in [0.1, 0.15) is 33.6 Å². The Hall–Kier alpha value is -4.12. The molecule has 0 bridgehead atoms. The van der Waals surface area contributed by atoms with Crippen LogP contribution in [0.15, 0.2) is 73.1 Å². The van der Waals surface area contributed by atoms with Crippen molar-refractivity contribution in [2.45, 2.75) is 18.9 Å². The first-order valence-electron chi connectivity index (χ1n) is 13.5.